The molecule has 0 bridgehead atoms. The van der Waals surface area contributed by atoms with Crippen molar-refractivity contribution in [1.29, 1.82) is 0 Å². The van der Waals surface area contributed by atoms with Gasteiger partial charge in [0, 0.05) is 17.8 Å². The minimum atomic E-state index is -0.315. The first kappa shape index (κ1) is 18.3. The summed E-state index contributed by atoms with van der Waals surface area (Å²) in [6, 6.07) is 8.90. The largest absolute Gasteiger partial charge is 0.497 e. The summed E-state index contributed by atoms with van der Waals surface area (Å²) in [5.74, 6) is 1.95. The van der Waals surface area contributed by atoms with E-state index in [1.165, 1.54) is 6.08 Å². The highest BCUT2D eigenvalue weighted by molar-refractivity contribution is 6.02. The summed E-state index contributed by atoms with van der Waals surface area (Å²) in [7, 11) is 3.16. The number of rotatable bonds is 8. The van der Waals surface area contributed by atoms with E-state index in [0.717, 1.165) is 12.0 Å². The van der Waals surface area contributed by atoms with Crippen molar-refractivity contribution in [3.63, 3.8) is 0 Å². The van der Waals surface area contributed by atoms with Crippen molar-refractivity contribution in [2.45, 2.75) is 13.3 Å². The van der Waals surface area contributed by atoms with Gasteiger partial charge in [-0.05, 0) is 42.8 Å². The molecule has 1 amide bonds. The van der Waals surface area contributed by atoms with Gasteiger partial charge in [0.05, 0.1) is 20.8 Å². The molecular weight excluding hydrogens is 320 g/mol. The Morgan fingerprint density at radius 3 is 2.76 bits per heavy atom. The normalized spacial score (nSPS) is 10.5. The second kappa shape index (κ2) is 9.32. The smallest absolute Gasteiger partial charge is 0.249 e. The molecule has 0 aliphatic heterocycles. The number of nitrogens with one attached hydrogen (secondary N) is 1. The lowest BCUT2D eigenvalue weighted by molar-refractivity contribution is -0.111. The fraction of sp³-hybridized carbons (Fsp3) is 0.263. The monoisotopic (exact) mass is 342 g/mol. The first-order chi connectivity index (χ1) is 12.2. The Morgan fingerprint density at radius 2 is 2.04 bits per heavy atom. The summed E-state index contributed by atoms with van der Waals surface area (Å²) in [5, 5.41) is 2.72. The van der Waals surface area contributed by atoms with Crippen molar-refractivity contribution in [1.82, 2.24) is 4.98 Å². The predicted octanol–water partition coefficient (Wildman–Crippen LogP) is 3.54. The fourth-order valence-corrected chi connectivity index (χ4v) is 2.11. The lowest BCUT2D eigenvalue weighted by atomic mass is 10.1. The molecule has 0 radical (unpaired) electrons. The van der Waals surface area contributed by atoms with Crippen LogP contribution in [0.2, 0.25) is 0 Å². The van der Waals surface area contributed by atoms with Crippen LogP contribution in [0.1, 0.15) is 18.9 Å². The molecule has 0 unspecified atom stereocenters. The van der Waals surface area contributed by atoms with Gasteiger partial charge in [0.15, 0.2) is 11.6 Å². The van der Waals surface area contributed by atoms with Crippen molar-refractivity contribution < 1.29 is 19.0 Å². The SMILES string of the molecule is CCCOc1cccnc1NC(=O)/C=C/c1cc(OC)ccc1OC. The van der Waals surface area contributed by atoms with Crippen molar-refractivity contribution in [2.75, 3.05) is 26.1 Å². The zero-order valence-corrected chi connectivity index (χ0v) is 14.6. The molecule has 1 heterocycles. The van der Waals surface area contributed by atoms with Gasteiger partial charge >= 0.3 is 0 Å². The third kappa shape index (κ3) is 5.24. The van der Waals surface area contributed by atoms with E-state index >= 15 is 0 Å². The number of ether oxygens (including phenoxy) is 3. The maximum absolute atomic E-state index is 12.2. The highest BCUT2D eigenvalue weighted by Gasteiger charge is 2.08. The molecule has 0 saturated heterocycles. The molecule has 1 N–H and O–H groups in total. The molecule has 0 fully saturated rings. The van der Waals surface area contributed by atoms with Gasteiger partial charge in [-0.25, -0.2) is 4.98 Å². The van der Waals surface area contributed by atoms with Gasteiger partial charge < -0.3 is 19.5 Å². The maximum atomic E-state index is 12.2. The third-order valence-corrected chi connectivity index (χ3v) is 3.33. The van der Waals surface area contributed by atoms with Crippen LogP contribution in [-0.2, 0) is 4.79 Å². The van der Waals surface area contributed by atoms with E-state index in [0.29, 0.717) is 29.7 Å². The van der Waals surface area contributed by atoms with Crippen molar-refractivity contribution in [3.8, 4) is 17.2 Å². The summed E-state index contributed by atoms with van der Waals surface area (Å²) >= 11 is 0. The Bertz CT molecular complexity index is 744. The van der Waals surface area contributed by atoms with Gasteiger partial charge in [0.1, 0.15) is 11.5 Å². The molecule has 0 aliphatic rings. The summed E-state index contributed by atoms with van der Waals surface area (Å²) in [4.78, 5) is 16.4. The number of benzene rings is 1. The van der Waals surface area contributed by atoms with E-state index in [-0.39, 0.29) is 5.91 Å². The van der Waals surface area contributed by atoms with Crippen LogP contribution < -0.4 is 19.5 Å². The second-order valence-corrected chi connectivity index (χ2v) is 5.13. The lowest BCUT2D eigenvalue weighted by Gasteiger charge is -2.10. The molecule has 2 rings (SSSR count). The maximum Gasteiger partial charge on any atom is 0.249 e. The van der Waals surface area contributed by atoms with E-state index < -0.39 is 0 Å². The standard InChI is InChI=1S/C19H22N2O4/c1-4-12-25-17-6-5-11-20-19(17)21-18(22)10-7-14-13-15(23-2)8-9-16(14)24-3/h5-11,13H,4,12H2,1-3H3,(H,20,21,22)/b10-7+. The Labute approximate surface area is 147 Å². The first-order valence-electron chi connectivity index (χ1n) is 7.96. The first-order valence-corrected chi connectivity index (χ1v) is 7.96. The molecule has 0 aliphatic carbocycles. The third-order valence-electron chi connectivity index (χ3n) is 3.33. The molecule has 6 heteroatoms. The summed E-state index contributed by atoms with van der Waals surface area (Å²) in [6.45, 7) is 2.57. The molecule has 6 nitrogen and oxygen atoms in total. The van der Waals surface area contributed by atoms with E-state index in [9.17, 15) is 4.79 Å². The van der Waals surface area contributed by atoms with Crippen LogP contribution in [0.15, 0.2) is 42.6 Å². The van der Waals surface area contributed by atoms with Gasteiger partial charge in [-0.1, -0.05) is 6.92 Å². The highest BCUT2D eigenvalue weighted by Crippen LogP contribution is 2.25. The van der Waals surface area contributed by atoms with Gasteiger partial charge in [0.25, 0.3) is 0 Å². The van der Waals surface area contributed by atoms with E-state index in [1.54, 1.807) is 56.8 Å². The van der Waals surface area contributed by atoms with Crippen LogP contribution in [0, 0.1) is 0 Å². The molecule has 2 aromatic rings. The summed E-state index contributed by atoms with van der Waals surface area (Å²) in [5.41, 5.74) is 0.737. The molecule has 25 heavy (non-hydrogen) atoms. The van der Waals surface area contributed by atoms with Crippen LogP contribution in [0.5, 0.6) is 17.2 Å². The molecule has 0 atom stereocenters. The Kier molecular flexibility index (Phi) is 6.83. The van der Waals surface area contributed by atoms with E-state index in [4.69, 9.17) is 14.2 Å². The summed E-state index contributed by atoms with van der Waals surface area (Å²) in [6.07, 6.45) is 5.54. The molecule has 0 saturated carbocycles. The average Bonchev–Trinajstić information content (AvgIpc) is 2.65. The molecule has 1 aromatic heterocycles. The number of hydrogen-bond acceptors (Lipinski definition) is 5. The van der Waals surface area contributed by atoms with Gasteiger partial charge in [-0.15, -0.1) is 0 Å². The highest BCUT2D eigenvalue weighted by atomic mass is 16.5. The lowest BCUT2D eigenvalue weighted by Crippen LogP contribution is -2.11. The van der Waals surface area contributed by atoms with Crippen molar-refractivity contribution >= 4 is 17.8 Å². The minimum absolute atomic E-state index is 0.315. The fourth-order valence-electron chi connectivity index (χ4n) is 2.11. The minimum Gasteiger partial charge on any atom is -0.497 e. The average molecular weight is 342 g/mol. The molecular formula is C19H22N2O4. The Hall–Kier alpha value is -3.02. The molecule has 0 spiro atoms. The van der Waals surface area contributed by atoms with Gasteiger partial charge in [-0.2, -0.15) is 0 Å². The number of amides is 1. The number of hydrogen-bond donors (Lipinski definition) is 1. The zero-order valence-electron chi connectivity index (χ0n) is 14.6. The number of anilines is 1. The zero-order chi connectivity index (χ0) is 18.1. The van der Waals surface area contributed by atoms with Crippen LogP contribution in [0.3, 0.4) is 0 Å². The topological polar surface area (TPSA) is 69.7 Å². The quantitative estimate of drug-likeness (QED) is 0.743. The number of carbonyl (C=O) groups is 1. The number of nitrogens with zero attached hydrogens (tertiary/aromatic N) is 1. The van der Waals surface area contributed by atoms with Crippen molar-refractivity contribution in [3.05, 3.63) is 48.2 Å². The van der Waals surface area contributed by atoms with Gasteiger partial charge in [-0.3, -0.25) is 4.79 Å². The Morgan fingerprint density at radius 1 is 1.20 bits per heavy atom. The van der Waals surface area contributed by atoms with Crippen molar-refractivity contribution in [2.24, 2.45) is 0 Å². The van der Waals surface area contributed by atoms with Crippen LogP contribution in [0.4, 0.5) is 5.82 Å². The Balaban J connectivity index is 2.11. The van der Waals surface area contributed by atoms with Crippen LogP contribution >= 0.6 is 0 Å². The van der Waals surface area contributed by atoms with Crippen LogP contribution in [0.25, 0.3) is 6.08 Å². The number of methoxy groups -OCH3 is 2. The molecule has 132 valence electrons. The van der Waals surface area contributed by atoms with E-state index in [1.807, 2.05) is 6.92 Å². The van der Waals surface area contributed by atoms with E-state index in [2.05, 4.69) is 10.3 Å². The second-order valence-electron chi connectivity index (χ2n) is 5.13. The summed E-state index contributed by atoms with van der Waals surface area (Å²) < 4.78 is 16.1. The van der Waals surface area contributed by atoms with Crippen LogP contribution in [-0.4, -0.2) is 31.7 Å². The predicted molar refractivity (Wildman–Crippen MR) is 97.2 cm³/mol. The number of pyridine rings is 1. The number of carbonyl (C=O) groups excluding carboxylic acids is 1. The number of aromatic nitrogens is 1. The van der Waals surface area contributed by atoms with Gasteiger partial charge in [0.2, 0.25) is 5.91 Å². The molecule has 1 aromatic carbocycles.